The average molecular weight is 248 g/mol. The molecule has 0 aromatic carbocycles. The highest BCUT2D eigenvalue weighted by molar-refractivity contribution is 5.53. The molecule has 2 fully saturated rings. The van der Waals surface area contributed by atoms with Gasteiger partial charge in [0.15, 0.2) is 0 Å². The number of aromatic nitrogens is 2. The molecule has 0 atom stereocenters. The van der Waals surface area contributed by atoms with Crippen LogP contribution < -0.4 is 21.7 Å². The van der Waals surface area contributed by atoms with Gasteiger partial charge in [-0.2, -0.15) is 9.97 Å². The van der Waals surface area contributed by atoms with E-state index in [0.29, 0.717) is 18.0 Å². The second kappa shape index (κ2) is 4.61. The zero-order valence-corrected chi connectivity index (χ0v) is 10.5. The first kappa shape index (κ1) is 11.5. The number of nitrogens with one attached hydrogen (secondary N) is 1. The first-order chi connectivity index (χ1) is 8.70. The fourth-order valence-corrected chi connectivity index (χ4v) is 2.25. The van der Waals surface area contributed by atoms with E-state index < -0.39 is 0 Å². The molecule has 98 valence electrons. The third-order valence-corrected chi connectivity index (χ3v) is 3.52. The summed E-state index contributed by atoms with van der Waals surface area (Å²) in [5.74, 6) is 2.10. The molecule has 1 aromatic rings. The van der Waals surface area contributed by atoms with E-state index >= 15 is 0 Å². The molecule has 18 heavy (non-hydrogen) atoms. The largest absolute Gasteiger partial charge is 0.368 e. The smallest absolute Gasteiger partial charge is 0.223 e. The average Bonchev–Trinajstić information content (AvgIpc) is 3.13. The molecule has 2 heterocycles. The van der Waals surface area contributed by atoms with E-state index in [9.17, 15) is 0 Å². The molecular weight excluding hydrogens is 228 g/mol. The summed E-state index contributed by atoms with van der Waals surface area (Å²) < 4.78 is 0. The maximum absolute atomic E-state index is 5.91. The van der Waals surface area contributed by atoms with E-state index in [4.69, 9.17) is 11.5 Å². The molecule has 2 aliphatic rings. The van der Waals surface area contributed by atoms with Crippen molar-refractivity contribution in [1.82, 2.24) is 9.97 Å². The fourth-order valence-electron chi connectivity index (χ4n) is 2.25. The van der Waals surface area contributed by atoms with Crippen LogP contribution in [0.5, 0.6) is 0 Å². The summed E-state index contributed by atoms with van der Waals surface area (Å²) in [7, 11) is 0. The molecule has 1 aromatic heterocycles. The summed E-state index contributed by atoms with van der Waals surface area (Å²) in [6, 6.07) is 2.89. The van der Waals surface area contributed by atoms with Gasteiger partial charge in [-0.05, 0) is 25.7 Å². The lowest BCUT2D eigenvalue weighted by molar-refractivity contribution is 0.498. The van der Waals surface area contributed by atoms with Gasteiger partial charge in [0.1, 0.15) is 11.6 Å². The minimum Gasteiger partial charge on any atom is -0.368 e. The fraction of sp³-hybridized carbons (Fsp3) is 0.667. The lowest BCUT2D eigenvalue weighted by Crippen LogP contribution is -2.40. The first-order valence-corrected chi connectivity index (χ1v) is 6.62. The Labute approximate surface area is 107 Å². The second-order valence-electron chi connectivity index (χ2n) is 5.21. The Hall–Kier alpha value is -1.56. The molecule has 6 heteroatoms. The lowest BCUT2D eigenvalue weighted by atomic mass is 10.1. The van der Waals surface area contributed by atoms with E-state index in [-0.39, 0.29) is 0 Å². The molecule has 1 saturated heterocycles. The normalized spacial score (nSPS) is 21.1. The number of hydrogen-bond acceptors (Lipinski definition) is 6. The Morgan fingerprint density at radius 3 is 2.56 bits per heavy atom. The van der Waals surface area contributed by atoms with E-state index in [2.05, 4.69) is 20.2 Å². The molecule has 1 saturated carbocycles. The number of nitrogen functional groups attached to an aromatic ring is 1. The molecule has 0 radical (unpaired) electrons. The van der Waals surface area contributed by atoms with Crippen molar-refractivity contribution in [2.45, 2.75) is 37.8 Å². The molecule has 3 rings (SSSR count). The number of anilines is 3. The van der Waals surface area contributed by atoms with Gasteiger partial charge in [-0.1, -0.05) is 0 Å². The predicted octanol–water partition coefficient (Wildman–Crippen LogP) is 0.561. The standard InChI is InChI=1S/C12H20N6/c13-8-3-5-18(6-4-8)11-7-10(15-9-1-2-9)16-12(14)17-11/h7-9H,1-6,13H2,(H3,14,15,16,17). The minimum absolute atomic E-state index is 0.324. The summed E-state index contributed by atoms with van der Waals surface area (Å²) in [6.07, 6.45) is 4.46. The van der Waals surface area contributed by atoms with Crippen molar-refractivity contribution in [3.05, 3.63) is 6.07 Å². The quantitative estimate of drug-likeness (QED) is 0.724. The van der Waals surface area contributed by atoms with Crippen LogP contribution >= 0.6 is 0 Å². The van der Waals surface area contributed by atoms with Crippen molar-refractivity contribution in [3.8, 4) is 0 Å². The molecule has 0 bridgehead atoms. The highest BCUT2D eigenvalue weighted by Gasteiger charge is 2.23. The maximum atomic E-state index is 5.91. The number of piperidine rings is 1. The van der Waals surface area contributed by atoms with Crippen LogP contribution in [0.2, 0.25) is 0 Å². The highest BCUT2D eigenvalue weighted by atomic mass is 15.2. The number of nitrogens with two attached hydrogens (primary N) is 2. The van der Waals surface area contributed by atoms with Crippen molar-refractivity contribution in [1.29, 1.82) is 0 Å². The van der Waals surface area contributed by atoms with Crippen LogP contribution in [0.15, 0.2) is 6.07 Å². The molecule has 0 spiro atoms. The van der Waals surface area contributed by atoms with Crippen LogP contribution in [0.25, 0.3) is 0 Å². The van der Waals surface area contributed by atoms with Crippen LogP contribution in [0.1, 0.15) is 25.7 Å². The van der Waals surface area contributed by atoms with Gasteiger partial charge in [-0.15, -0.1) is 0 Å². The van der Waals surface area contributed by atoms with Gasteiger partial charge < -0.3 is 21.7 Å². The molecule has 5 N–H and O–H groups in total. The van der Waals surface area contributed by atoms with Gasteiger partial charge in [0, 0.05) is 31.2 Å². The lowest BCUT2D eigenvalue weighted by Gasteiger charge is -2.31. The van der Waals surface area contributed by atoms with Crippen LogP contribution in [-0.2, 0) is 0 Å². The molecule has 1 aliphatic carbocycles. The first-order valence-electron chi connectivity index (χ1n) is 6.62. The van der Waals surface area contributed by atoms with Gasteiger partial charge >= 0.3 is 0 Å². The van der Waals surface area contributed by atoms with Crippen molar-refractivity contribution >= 4 is 17.6 Å². The zero-order valence-electron chi connectivity index (χ0n) is 10.5. The Bertz CT molecular complexity index is 423. The minimum atomic E-state index is 0.324. The van der Waals surface area contributed by atoms with Gasteiger partial charge in [0.05, 0.1) is 0 Å². The van der Waals surface area contributed by atoms with E-state index in [1.165, 1.54) is 12.8 Å². The van der Waals surface area contributed by atoms with E-state index in [1.54, 1.807) is 0 Å². The Morgan fingerprint density at radius 1 is 1.17 bits per heavy atom. The van der Waals surface area contributed by atoms with Gasteiger partial charge in [-0.25, -0.2) is 0 Å². The molecule has 6 nitrogen and oxygen atoms in total. The van der Waals surface area contributed by atoms with Crippen molar-refractivity contribution in [2.75, 3.05) is 29.0 Å². The predicted molar refractivity (Wildman–Crippen MR) is 72.5 cm³/mol. The zero-order chi connectivity index (χ0) is 12.5. The van der Waals surface area contributed by atoms with Crippen molar-refractivity contribution in [3.63, 3.8) is 0 Å². The monoisotopic (exact) mass is 248 g/mol. The highest BCUT2D eigenvalue weighted by Crippen LogP contribution is 2.26. The summed E-state index contributed by atoms with van der Waals surface area (Å²) in [5, 5.41) is 3.36. The SMILES string of the molecule is Nc1nc(NC2CC2)cc(N2CCC(N)CC2)n1. The van der Waals surface area contributed by atoms with Crippen LogP contribution in [0.4, 0.5) is 17.6 Å². The van der Waals surface area contributed by atoms with E-state index in [1.807, 2.05) is 6.07 Å². The molecular formula is C12H20N6. The van der Waals surface area contributed by atoms with Crippen LogP contribution in [0.3, 0.4) is 0 Å². The summed E-state index contributed by atoms with van der Waals surface area (Å²) >= 11 is 0. The second-order valence-corrected chi connectivity index (χ2v) is 5.21. The third-order valence-electron chi connectivity index (χ3n) is 3.52. The Kier molecular flexibility index (Phi) is 2.95. The van der Waals surface area contributed by atoms with Gasteiger partial charge in [-0.3, -0.25) is 0 Å². The number of rotatable bonds is 3. The summed E-state index contributed by atoms with van der Waals surface area (Å²) in [5.41, 5.74) is 11.7. The molecule has 0 amide bonds. The van der Waals surface area contributed by atoms with Crippen molar-refractivity contribution < 1.29 is 0 Å². The third kappa shape index (κ3) is 2.64. The molecule has 1 aliphatic heterocycles. The summed E-state index contributed by atoms with van der Waals surface area (Å²) in [6.45, 7) is 1.89. The van der Waals surface area contributed by atoms with Gasteiger partial charge in [0.25, 0.3) is 0 Å². The van der Waals surface area contributed by atoms with Crippen molar-refractivity contribution in [2.24, 2.45) is 5.73 Å². The molecule has 0 unspecified atom stereocenters. The number of hydrogen-bond donors (Lipinski definition) is 3. The Morgan fingerprint density at radius 2 is 1.89 bits per heavy atom. The maximum Gasteiger partial charge on any atom is 0.223 e. The van der Waals surface area contributed by atoms with Gasteiger partial charge in [0.2, 0.25) is 5.95 Å². The van der Waals surface area contributed by atoms with E-state index in [0.717, 1.165) is 37.6 Å². The summed E-state index contributed by atoms with van der Waals surface area (Å²) in [4.78, 5) is 10.8. The Balaban J connectivity index is 1.75. The van der Waals surface area contributed by atoms with Crippen LogP contribution in [0, 0.1) is 0 Å². The number of nitrogens with zero attached hydrogens (tertiary/aromatic N) is 3. The van der Waals surface area contributed by atoms with Crippen LogP contribution in [-0.4, -0.2) is 35.1 Å². The topological polar surface area (TPSA) is 93.1 Å².